The minimum atomic E-state index is -0.422. The molecule has 1 aliphatic rings. The van der Waals surface area contributed by atoms with Crippen molar-refractivity contribution in [2.24, 2.45) is 5.92 Å². The number of ether oxygens (including phenoxy) is 2. The van der Waals surface area contributed by atoms with Crippen LogP contribution < -0.4 is 10.6 Å². The molecule has 1 aromatic carbocycles. The maximum Gasteiger partial charge on any atom is 0.406 e. The van der Waals surface area contributed by atoms with Gasteiger partial charge < -0.3 is 20.1 Å². The van der Waals surface area contributed by atoms with Gasteiger partial charge in [-0.1, -0.05) is 30.3 Å². The highest BCUT2D eigenvalue weighted by molar-refractivity contribution is 5.66. The predicted molar refractivity (Wildman–Crippen MR) is 81.1 cm³/mol. The Balaban J connectivity index is 1.91. The van der Waals surface area contributed by atoms with E-state index in [1.165, 1.54) is 19.1 Å². The minimum Gasteiger partial charge on any atom is -0.453 e. The maximum absolute atomic E-state index is 11.0. The first-order chi connectivity index (χ1) is 10.3. The Labute approximate surface area is 126 Å². The van der Waals surface area contributed by atoms with Crippen molar-refractivity contribution in [3.8, 4) is 0 Å². The van der Waals surface area contributed by atoms with E-state index in [0.29, 0.717) is 19.1 Å². The van der Waals surface area contributed by atoms with Crippen molar-refractivity contribution in [1.29, 1.82) is 0 Å². The third kappa shape index (κ3) is 5.02. The number of nitrogens with one attached hydrogen (secondary N) is 2. The highest BCUT2D eigenvalue weighted by atomic mass is 16.5. The number of piperidine rings is 1. The van der Waals surface area contributed by atoms with Crippen molar-refractivity contribution in [1.82, 2.24) is 10.6 Å². The molecule has 0 spiro atoms. The van der Waals surface area contributed by atoms with E-state index in [2.05, 4.69) is 27.5 Å². The molecule has 1 fully saturated rings. The summed E-state index contributed by atoms with van der Waals surface area (Å²) >= 11 is 0. The number of benzene rings is 1. The molecular formula is C16H24N2O3. The molecule has 5 heteroatoms. The van der Waals surface area contributed by atoms with E-state index in [0.717, 1.165) is 19.5 Å². The Hall–Kier alpha value is -1.59. The first kappa shape index (κ1) is 15.8. The summed E-state index contributed by atoms with van der Waals surface area (Å²) in [4.78, 5) is 11.0. The molecule has 5 nitrogen and oxygen atoms in total. The molecule has 2 N–H and O–H groups in total. The zero-order valence-corrected chi connectivity index (χ0v) is 12.5. The van der Waals surface area contributed by atoms with Crippen LogP contribution in [0.4, 0.5) is 4.79 Å². The number of hydrogen-bond donors (Lipinski definition) is 2. The Morgan fingerprint density at radius 1 is 1.43 bits per heavy atom. The predicted octanol–water partition coefficient (Wildman–Crippen LogP) is 2.10. The van der Waals surface area contributed by atoms with E-state index in [-0.39, 0.29) is 6.10 Å². The molecule has 0 radical (unpaired) electrons. The SMILES string of the molecule is COC(=O)NCCOC(c1ccccc1)[C@@H]1CCCNC1. The normalized spacial score (nSPS) is 19.8. The second-order valence-electron chi connectivity index (χ2n) is 5.23. The first-order valence-electron chi connectivity index (χ1n) is 7.50. The summed E-state index contributed by atoms with van der Waals surface area (Å²) in [6.07, 6.45) is 1.99. The average molecular weight is 292 g/mol. The van der Waals surface area contributed by atoms with Gasteiger partial charge in [-0.2, -0.15) is 0 Å². The van der Waals surface area contributed by atoms with Gasteiger partial charge in [0.15, 0.2) is 0 Å². The van der Waals surface area contributed by atoms with Crippen molar-refractivity contribution >= 4 is 6.09 Å². The van der Waals surface area contributed by atoms with Gasteiger partial charge in [0.25, 0.3) is 0 Å². The number of carbonyl (C=O) groups excluding carboxylic acids is 1. The summed E-state index contributed by atoms with van der Waals surface area (Å²) < 4.78 is 10.6. The number of methoxy groups -OCH3 is 1. The van der Waals surface area contributed by atoms with Crippen molar-refractivity contribution in [2.75, 3.05) is 33.4 Å². The number of carbonyl (C=O) groups is 1. The van der Waals surface area contributed by atoms with Crippen LogP contribution >= 0.6 is 0 Å². The molecule has 21 heavy (non-hydrogen) atoms. The van der Waals surface area contributed by atoms with Crippen molar-refractivity contribution in [3.05, 3.63) is 35.9 Å². The third-order valence-corrected chi connectivity index (χ3v) is 3.75. The second kappa shape index (κ2) is 8.64. The van der Waals surface area contributed by atoms with Crippen LogP contribution in [0.1, 0.15) is 24.5 Å². The lowest BCUT2D eigenvalue weighted by atomic mass is 9.89. The van der Waals surface area contributed by atoms with Crippen molar-refractivity contribution in [2.45, 2.75) is 18.9 Å². The molecule has 0 aromatic heterocycles. The number of rotatable bonds is 6. The Morgan fingerprint density at radius 2 is 2.24 bits per heavy atom. The average Bonchev–Trinajstić information content (AvgIpc) is 2.56. The van der Waals surface area contributed by atoms with Gasteiger partial charge in [0.05, 0.1) is 19.8 Å². The van der Waals surface area contributed by atoms with Gasteiger partial charge in [0, 0.05) is 19.0 Å². The summed E-state index contributed by atoms with van der Waals surface area (Å²) in [5.41, 5.74) is 1.20. The molecule has 1 unspecified atom stereocenters. The maximum atomic E-state index is 11.0. The van der Waals surface area contributed by atoms with Gasteiger partial charge in [-0.15, -0.1) is 0 Å². The van der Waals surface area contributed by atoms with Crippen LogP contribution in [0.25, 0.3) is 0 Å². The Morgan fingerprint density at radius 3 is 2.90 bits per heavy atom. The summed E-state index contributed by atoms with van der Waals surface area (Å²) in [5.74, 6) is 0.472. The lowest BCUT2D eigenvalue weighted by molar-refractivity contribution is 0.00475. The molecule has 1 heterocycles. The number of alkyl carbamates (subject to hydrolysis) is 1. The lowest BCUT2D eigenvalue weighted by Crippen LogP contribution is -2.35. The monoisotopic (exact) mass is 292 g/mol. The number of amides is 1. The van der Waals surface area contributed by atoms with E-state index in [4.69, 9.17) is 4.74 Å². The van der Waals surface area contributed by atoms with Crippen LogP contribution in [0.15, 0.2) is 30.3 Å². The van der Waals surface area contributed by atoms with Gasteiger partial charge >= 0.3 is 6.09 Å². The van der Waals surface area contributed by atoms with Crippen molar-refractivity contribution < 1.29 is 14.3 Å². The van der Waals surface area contributed by atoms with Crippen LogP contribution in [0, 0.1) is 5.92 Å². The molecule has 1 saturated heterocycles. The molecule has 0 bridgehead atoms. The zero-order chi connectivity index (χ0) is 14.9. The standard InChI is InChI=1S/C16H24N2O3/c1-20-16(19)18-10-11-21-15(13-6-3-2-4-7-13)14-8-5-9-17-12-14/h2-4,6-7,14-15,17H,5,8-12H2,1H3,(H,18,19)/t14-,15?/m1/s1. The quantitative estimate of drug-likeness (QED) is 0.788. The fourth-order valence-electron chi connectivity index (χ4n) is 2.70. The van der Waals surface area contributed by atoms with E-state index < -0.39 is 6.09 Å². The summed E-state index contributed by atoms with van der Waals surface area (Å²) in [5, 5.41) is 6.07. The van der Waals surface area contributed by atoms with E-state index in [1.54, 1.807) is 0 Å². The smallest absolute Gasteiger partial charge is 0.406 e. The fraction of sp³-hybridized carbons (Fsp3) is 0.562. The van der Waals surface area contributed by atoms with Gasteiger partial charge in [-0.3, -0.25) is 0 Å². The molecule has 0 saturated carbocycles. The molecular weight excluding hydrogens is 268 g/mol. The largest absolute Gasteiger partial charge is 0.453 e. The summed E-state index contributed by atoms with van der Waals surface area (Å²) in [6, 6.07) is 10.3. The van der Waals surface area contributed by atoms with Gasteiger partial charge in [0.1, 0.15) is 0 Å². The van der Waals surface area contributed by atoms with E-state index in [9.17, 15) is 4.79 Å². The molecule has 2 rings (SSSR count). The van der Waals surface area contributed by atoms with Crippen LogP contribution in [0.3, 0.4) is 0 Å². The second-order valence-corrected chi connectivity index (χ2v) is 5.23. The van der Waals surface area contributed by atoms with Crippen LogP contribution in [0.2, 0.25) is 0 Å². The zero-order valence-electron chi connectivity index (χ0n) is 12.5. The van der Waals surface area contributed by atoms with E-state index in [1.807, 2.05) is 18.2 Å². The minimum absolute atomic E-state index is 0.0680. The lowest BCUT2D eigenvalue weighted by Gasteiger charge is -2.31. The molecule has 116 valence electrons. The summed E-state index contributed by atoms with van der Waals surface area (Å²) in [6.45, 7) is 2.99. The number of hydrogen-bond acceptors (Lipinski definition) is 4. The van der Waals surface area contributed by atoms with Crippen LogP contribution in [-0.4, -0.2) is 39.4 Å². The van der Waals surface area contributed by atoms with Gasteiger partial charge in [0.2, 0.25) is 0 Å². The van der Waals surface area contributed by atoms with Crippen molar-refractivity contribution in [3.63, 3.8) is 0 Å². The summed E-state index contributed by atoms with van der Waals surface area (Å²) in [7, 11) is 1.36. The van der Waals surface area contributed by atoms with Crippen LogP contribution in [0.5, 0.6) is 0 Å². The van der Waals surface area contributed by atoms with Crippen LogP contribution in [-0.2, 0) is 9.47 Å². The highest BCUT2D eigenvalue weighted by Crippen LogP contribution is 2.30. The molecule has 1 amide bonds. The Bertz CT molecular complexity index is 419. The van der Waals surface area contributed by atoms with Gasteiger partial charge in [-0.25, -0.2) is 4.79 Å². The molecule has 0 aliphatic carbocycles. The van der Waals surface area contributed by atoms with Gasteiger partial charge in [-0.05, 0) is 24.9 Å². The fourth-order valence-corrected chi connectivity index (χ4v) is 2.70. The molecule has 1 aromatic rings. The molecule has 1 aliphatic heterocycles. The van der Waals surface area contributed by atoms with E-state index >= 15 is 0 Å². The molecule has 2 atom stereocenters. The topological polar surface area (TPSA) is 59.6 Å². The Kier molecular flexibility index (Phi) is 6.50. The first-order valence-corrected chi connectivity index (χ1v) is 7.50. The third-order valence-electron chi connectivity index (χ3n) is 3.75. The highest BCUT2D eigenvalue weighted by Gasteiger charge is 2.25.